The van der Waals surface area contributed by atoms with Crippen LogP contribution < -0.4 is 0 Å². The minimum Gasteiger partial charge on any atom is -0.349 e. The van der Waals surface area contributed by atoms with Gasteiger partial charge in [0.25, 0.3) is 0 Å². The number of nitrogens with zero attached hydrogens (tertiary/aromatic N) is 1. The van der Waals surface area contributed by atoms with Gasteiger partial charge >= 0.3 is 0 Å². The Labute approximate surface area is 107 Å². The molecule has 1 fully saturated rings. The lowest BCUT2D eigenvalue weighted by Gasteiger charge is -2.41. The predicted molar refractivity (Wildman–Crippen MR) is 73.8 cm³/mol. The first kappa shape index (κ1) is 11.0. The highest BCUT2D eigenvalue weighted by atomic mass is 15.2. The van der Waals surface area contributed by atoms with Gasteiger partial charge in [0, 0.05) is 13.0 Å². The van der Waals surface area contributed by atoms with Crippen LogP contribution in [0.25, 0.3) is 0 Å². The smallest absolute Gasteiger partial charge is 0.0983 e. The monoisotopic (exact) mass is 236 g/mol. The van der Waals surface area contributed by atoms with Crippen LogP contribution in [0.15, 0.2) is 60.7 Å². The molecule has 0 bridgehead atoms. The highest BCUT2D eigenvalue weighted by Gasteiger charge is 2.30. The molecule has 0 unspecified atom stereocenters. The summed E-state index contributed by atoms with van der Waals surface area (Å²) in [6.45, 7) is 0.979. The van der Waals surface area contributed by atoms with Gasteiger partial charge in [-0.1, -0.05) is 60.7 Å². The van der Waals surface area contributed by atoms with Crippen LogP contribution in [0.4, 0.5) is 0 Å². The van der Waals surface area contributed by atoms with Crippen LogP contribution in [0.3, 0.4) is 0 Å². The molecular formula is C16H16N2. The van der Waals surface area contributed by atoms with Gasteiger partial charge in [0.05, 0.1) is 11.9 Å². The fourth-order valence-electron chi connectivity index (χ4n) is 2.46. The van der Waals surface area contributed by atoms with Gasteiger partial charge in [-0.3, -0.25) is 5.41 Å². The Balaban J connectivity index is 2.02. The van der Waals surface area contributed by atoms with Gasteiger partial charge in [-0.15, -0.1) is 0 Å². The Morgan fingerprint density at radius 2 is 1.33 bits per heavy atom. The molecule has 0 saturated carbocycles. The van der Waals surface area contributed by atoms with E-state index in [4.69, 9.17) is 5.41 Å². The van der Waals surface area contributed by atoms with Crippen molar-refractivity contribution >= 4 is 5.84 Å². The van der Waals surface area contributed by atoms with Crippen molar-refractivity contribution in [1.82, 2.24) is 4.90 Å². The van der Waals surface area contributed by atoms with Crippen molar-refractivity contribution in [3.8, 4) is 0 Å². The van der Waals surface area contributed by atoms with E-state index in [0.29, 0.717) is 0 Å². The van der Waals surface area contributed by atoms with Crippen LogP contribution in [-0.4, -0.2) is 17.3 Å². The van der Waals surface area contributed by atoms with E-state index < -0.39 is 0 Å². The molecule has 0 atom stereocenters. The Kier molecular flexibility index (Phi) is 2.85. The highest BCUT2D eigenvalue weighted by molar-refractivity contribution is 5.85. The molecule has 3 rings (SSSR count). The maximum atomic E-state index is 7.94. The number of rotatable bonds is 3. The number of likely N-dealkylation sites (tertiary alicyclic amines) is 1. The second-order valence-electron chi connectivity index (χ2n) is 4.61. The maximum Gasteiger partial charge on any atom is 0.0983 e. The van der Waals surface area contributed by atoms with E-state index in [1.54, 1.807) is 0 Å². The highest BCUT2D eigenvalue weighted by Crippen LogP contribution is 2.32. The fourth-order valence-corrected chi connectivity index (χ4v) is 2.46. The minimum atomic E-state index is 0.189. The summed E-state index contributed by atoms with van der Waals surface area (Å²) in [6, 6.07) is 21.1. The van der Waals surface area contributed by atoms with Gasteiger partial charge in [-0.25, -0.2) is 0 Å². The third-order valence-electron chi connectivity index (χ3n) is 3.48. The number of amidine groups is 1. The number of hydrogen-bond acceptors (Lipinski definition) is 1. The topological polar surface area (TPSA) is 27.1 Å². The van der Waals surface area contributed by atoms with Crippen molar-refractivity contribution in [3.63, 3.8) is 0 Å². The summed E-state index contributed by atoms with van der Waals surface area (Å²) in [5.41, 5.74) is 2.52. The van der Waals surface area contributed by atoms with Crippen LogP contribution in [0.2, 0.25) is 0 Å². The molecule has 90 valence electrons. The zero-order valence-electron chi connectivity index (χ0n) is 10.2. The van der Waals surface area contributed by atoms with Crippen molar-refractivity contribution in [3.05, 3.63) is 71.8 Å². The average Bonchev–Trinajstić information content (AvgIpc) is 2.45. The third-order valence-corrected chi connectivity index (χ3v) is 3.48. The summed E-state index contributed by atoms with van der Waals surface area (Å²) in [4.78, 5) is 2.17. The molecule has 2 aromatic rings. The van der Waals surface area contributed by atoms with Crippen LogP contribution in [0, 0.1) is 5.41 Å². The summed E-state index contributed by atoms with van der Waals surface area (Å²) in [7, 11) is 0. The molecule has 1 aliphatic rings. The molecule has 18 heavy (non-hydrogen) atoms. The lowest BCUT2D eigenvalue weighted by atomic mass is 9.94. The van der Waals surface area contributed by atoms with Crippen LogP contribution in [0.5, 0.6) is 0 Å². The molecule has 1 heterocycles. The standard InChI is InChI=1S/C16H16N2/c17-15-11-12-18(15)16(13-7-3-1-4-8-13)14-9-5-2-6-10-14/h1-10,16-17H,11-12H2. The quantitative estimate of drug-likeness (QED) is 0.868. The SMILES string of the molecule is N=C1CCN1C(c1ccccc1)c1ccccc1. The first-order valence-corrected chi connectivity index (χ1v) is 6.30. The zero-order valence-corrected chi connectivity index (χ0v) is 10.2. The van der Waals surface area contributed by atoms with Gasteiger partial charge in [0.15, 0.2) is 0 Å². The third kappa shape index (κ3) is 1.90. The molecule has 0 aliphatic carbocycles. The fraction of sp³-hybridized carbons (Fsp3) is 0.188. The molecule has 1 aliphatic heterocycles. The summed E-state index contributed by atoms with van der Waals surface area (Å²) in [6.07, 6.45) is 0.899. The zero-order chi connectivity index (χ0) is 12.4. The number of hydrogen-bond donors (Lipinski definition) is 1. The van der Waals surface area contributed by atoms with Crippen molar-refractivity contribution in [2.24, 2.45) is 0 Å². The van der Waals surface area contributed by atoms with Crippen molar-refractivity contribution in [1.29, 1.82) is 5.41 Å². The van der Waals surface area contributed by atoms with Crippen LogP contribution in [-0.2, 0) is 0 Å². The largest absolute Gasteiger partial charge is 0.349 e. The second-order valence-corrected chi connectivity index (χ2v) is 4.61. The first-order chi connectivity index (χ1) is 8.86. The number of nitrogens with one attached hydrogen (secondary N) is 1. The number of benzene rings is 2. The molecule has 1 saturated heterocycles. The molecule has 0 amide bonds. The average molecular weight is 236 g/mol. The normalized spacial score (nSPS) is 14.7. The molecule has 2 aromatic carbocycles. The molecule has 0 aromatic heterocycles. The van der Waals surface area contributed by atoms with E-state index >= 15 is 0 Å². The second kappa shape index (κ2) is 4.65. The van der Waals surface area contributed by atoms with Crippen molar-refractivity contribution in [2.75, 3.05) is 6.54 Å². The molecule has 0 spiro atoms. The summed E-state index contributed by atoms with van der Waals surface area (Å²) in [5, 5.41) is 7.94. The molecular weight excluding hydrogens is 220 g/mol. The Bertz CT molecular complexity index is 494. The molecule has 2 nitrogen and oxygen atoms in total. The van der Waals surface area contributed by atoms with E-state index in [1.807, 2.05) is 12.1 Å². The van der Waals surface area contributed by atoms with Gasteiger partial charge in [-0.2, -0.15) is 0 Å². The van der Waals surface area contributed by atoms with Crippen molar-refractivity contribution < 1.29 is 0 Å². The maximum absolute atomic E-state index is 7.94. The summed E-state index contributed by atoms with van der Waals surface area (Å²) in [5.74, 6) is 0.743. The Morgan fingerprint density at radius 3 is 1.67 bits per heavy atom. The Morgan fingerprint density at radius 1 is 0.833 bits per heavy atom. The first-order valence-electron chi connectivity index (χ1n) is 6.30. The van der Waals surface area contributed by atoms with E-state index in [9.17, 15) is 0 Å². The lowest BCUT2D eigenvalue weighted by Crippen LogP contribution is -2.45. The van der Waals surface area contributed by atoms with Gasteiger partial charge in [-0.05, 0) is 11.1 Å². The van der Waals surface area contributed by atoms with Gasteiger partial charge in [0.1, 0.15) is 0 Å². The van der Waals surface area contributed by atoms with E-state index in [-0.39, 0.29) is 6.04 Å². The molecule has 0 radical (unpaired) electrons. The van der Waals surface area contributed by atoms with E-state index in [2.05, 4.69) is 53.4 Å². The molecule has 2 heteroatoms. The van der Waals surface area contributed by atoms with Crippen LogP contribution >= 0.6 is 0 Å². The summed E-state index contributed by atoms with van der Waals surface area (Å²) < 4.78 is 0. The minimum absolute atomic E-state index is 0.189. The van der Waals surface area contributed by atoms with Crippen molar-refractivity contribution in [2.45, 2.75) is 12.5 Å². The van der Waals surface area contributed by atoms with Crippen LogP contribution in [0.1, 0.15) is 23.6 Å². The van der Waals surface area contributed by atoms with Gasteiger partial charge in [0.2, 0.25) is 0 Å². The lowest BCUT2D eigenvalue weighted by molar-refractivity contribution is 0.300. The van der Waals surface area contributed by atoms with E-state index in [0.717, 1.165) is 18.8 Å². The molecule has 1 N–H and O–H groups in total. The Hall–Kier alpha value is -2.09. The van der Waals surface area contributed by atoms with E-state index in [1.165, 1.54) is 11.1 Å². The predicted octanol–water partition coefficient (Wildman–Crippen LogP) is 3.46. The van der Waals surface area contributed by atoms with Gasteiger partial charge < -0.3 is 4.90 Å². The summed E-state index contributed by atoms with van der Waals surface area (Å²) >= 11 is 0.